The third-order valence-corrected chi connectivity index (χ3v) is 4.26. The molecule has 2 aromatic carbocycles. The summed E-state index contributed by atoms with van der Waals surface area (Å²) in [6.45, 7) is 1.60. The van der Waals surface area contributed by atoms with E-state index in [1.54, 1.807) is 19.1 Å². The SMILES string of the molecule is Cc1c(Cl)cccc1NC(=O)/C(C#N)=C\Nc1cc(C(F)(F)F)cc(C(F)(F)F)c1. The average Bonchev–Trinajstić information content (AvgIpc) is 2.64. The minimum atomic E-state index is -5.03. The Morgan fingerprint density at radius 3 is 2.13 bits per heavy atom. The second-order valence-electron chi connectivity index (χ2n) is 5.98. The summed E-state index contributed by atoms with van der Waals surface area (Å²) in [5.74, 6) is -0.932. The lowest BCUT2D eigenvalue weighted by molar-refractivity contribution is -0.143. The Labute approximate surface area is 171 Å². The van der Waals surface area contributed by atoms with Crippen LogP contribution in [0.25, 0.3) is 0 Å². The van der Waals surface area contributed by atoms with Crippen molar-refractivity contribution in [3.05, 3.63) is 69.9 Å². The molecule has 0 fully saturated rings. The zero-order valence-electron chi connectivity index (χ0n) is 15.0. The number of hydrogen-bond donors (Lipinski definition) is 2. The smallest absolute Gasteiger partial charge is 0.360 e. The third-order valence-electron chi connectivity index (χ3n) is 3.85. The first-order valence-electron chi connectivity index (χ1n) is 8.05. The van der Waals surface area contributed by atoms with Crippen LogP contribution in [0.2, 0.25) is 5.02 Å². The fourth-order valence-electron chi connectivity index (χ4n) is 2.27. The van der Waals surface area contributed by atoms with Gasteiger partial charge in [0.15, 0.2) is 0 Å². The predicted octanol–water partition coefficient (Wildman–Crippen LogP) is 6.14. The Morgan fingerprint density at radius 1 is 1.07 bits per heavy atom. The van der Waals surface area contributed by atoms with Crippen molar-refractivity contribution in [2.75, 3.05) is 10.6 Å². The van der Waals surface area contributed by atoms with E-state index < -0.39 is 40.6 Å². The van der Waals surface area contributed by atoms with Crippen LogP contribution in [-0.4, -0.2) is 5.91 Å². The fourth-order valence-corrected chi connectivity index (χ4v) is 2.45. The molecule has 2 aromatic rings. The largest absolute Gasteiger partial charge is 0.416 e. The second kappa shape index (κ2) is 8.67. The Bertz CT molecular complexity index is 1010. The number of nitrogens with zero attached hydrogens (tertiary/aromatic N) is 1. The van der Waals surface area contributed by atoms with Crippen LogP contribution in [0.4, 0.5) is 37.7 Å². The quantitative estimate of drug-likeness (QED) is 0.336. The van der Waals surface area contributed by atoms with E-state index in [9.17, 15) is 31.1 Å². The van der Waals surface area contributed by atoms with Crippen LogP contribution in [0.5, 0.6) is 0 Å². The molecule has 0 aliphatic heterocycles. The molecule has 0 aliphatic rings. The van der Waals surface area contributed by atoms with Gasteiger partial charge in [0.05, 0.1) is 11.1 Å². The van der Waals surface area contributed by atoms with E-state index >= 15 is 0 Å². The highest BCUT2D eigenvalue weighted by Gasteiger charge is 2.36. The second-order valence-corrected chi connectivity index (χ2v) is 6.38. The van der Waals surface area contributed by atoms with Crippen molar-refractivity contribution in [3.63, 3.8) is 0 Å². The van der Waals surface area contributed by atoms with Crippen LogP contribution in [0.15, 0.2) is 48.2 Å². The normalized spacial score (nSPS) is 12.3. The molecule has 0 atom stereocenters. The van der Waals surface area contributed by atoms with Gasteiger partial charge >= 0.3 is 12.4 Å². The summed E-state index contributed by atoms with van der Waals surface area (Å²) in [6.07, 6.45) is -9.34. The van der Waals surface area contributed by atoms with Crippen LogP contribution in [0.3, 0.4) is 0 Å². The van der Waals surface area contributed by atoms with E-state index in [0.29, 0.717) is 28.9 Å². The minimum absolute atomic E-state index is 0.0330. The Kier molecular flexibility index (Phi) is 6.67. The van der Waals surface area contributed by atoms with Gasteiger partial charge in [0.2, 0.25) is 0 Å². The van der Waals surface area contributed by atoms with E-state index in [1.807, 2.05) is 0 Å². The van der Waals surface area contributed by atoms with Crippen LogP contribution >= 0.6 is 11.6 Å². The van der Waals surface area contributed by atoms with E-state index in [1.165, 1.54) is 12.1 Å². The van der Waals surface area contributed by atoms with Gasteiger partial charge in [-0.25, -0.2) is 0 Å². The highest BCUT2D eigenvalue weighted by molar-refractivity contribution is 6.31. The number of nitriles is 1. The van der Waals surface area contributed by atoms with Crippen molar-refractivity contribution in [2.45, 2.75) is 19.3 Å². The maximum atomic E-state index is 12.9. The van der Waals surface area contributed by atoms with Crippen LogP contribution in [-0.2, 0) is 17.1 Å². The van der Waals surface area contributed by atoms with E-state index in [0.717, 1.165) is 0 Å². The third kappa shape index (κ3) is 5.67. The molecule has 0 radical (unpaired) electrons. The number of halogens is 7. The Hall–Kier alpha value is -3.19. The monoisotopic (exact) mass is 447 g/mol. The molecule has 0 saturated carbocycles. The molecule has 1 amide bonds. The van der Waals surface area contributed by atoms with Gasteiger partial charge in [0, 0.05) is 22.6 Å². The maximum Gasteiger partial charge on any atom is 0.416 e. The molecule has 11 heteroatoms. The highest BCUT2D eigenvalue weighted by Crippen LogP contribution is 2.37. The highest BCUT2D eigenvalue weighted by atomic mass is 35.5. The number of nitrogens with one attached hydrogen (secondary N) is 2. The van der Waals surface area contributed by atoms with E-state index in [2.05, 4.69) is 10.6 Å². The first-order chi connectivity index (χ1) is 13.8. The van der Waals surface area contributed by atoms with E-state index in [4.69, 9.17) is 16.9 Å². The first-order valence-corrected chi connectivity index (χ1v) is 8.43. The molecule has 0 aliphatic carbocycles. The van der Waals surface area contributed by atoms with E-state index in [-0.39, 0.29) is 11.8 Å². The molecule has 0 saturated heterocycles. The Morgan fingerprint density at radius 2 is 1.63 bits per heavy atom. The summed E-state index contributed by atoms with van der Waals surface area (Å²) in [5, 5.41) is 14.0. The summed E-state index contributed by atoms with van der Waals surface area (Å²) < 4.78 is 77.4. The zero-order chi connectivity index (χ0) is 22.7. The summed E-state index contributed by atoms with van der Waals surface area (Å²) in [6, 6.07) is 6.97. The average molecular weight is 448 g/mol. The Balaban J connectivity index is 2.32. The topological polar surface area (TPSA) is 64.9 Å². The van der Waals surface area contributed by atoms with Crippen LogP contribution < -0.4 is 10.6 Å². The molecule has 30 heavy (non-hydrogen) atoms. The molecular weight excluding hydrogens is 436 g/mol. The standard InChI is InChI=1S/C19H12ClF6N3O/c1-10-15(20)3-2-4-16(10)29-17(30)11(8-27)9-28-14-6-12(18(21,22)23)5-13(7-14)19(24,25)26/h2-7,9,28H,1H3,(H,29,30)/b11-9-. The maximum absolute atomic E-state index is 12.9. The molecular formula is C19H12ClF6N3O. The van der Waals surface area contributed by atoms with Gasteiger partial charge < -0.3 is 10.6 Å². The number of amides is 1. The molecule has 158 valence electrons. The van der Waals surface area contributed by atoms with Crippen molar-refractivity contribution in [1.82, 2.24) is 0 Å². The molecule has 2 N–H and O–H groups in total. The van der Waals surface area contributed by atoms with Crippen LogP contribution in [0.1, 0.15) is 16.7 Å². The molecule has 0 spiro atoms. The van der Waals surface area contributed by atoms with Crippen molar-refractivity contribution < 1.29 is 31.1 Å². The lowest BCUT2D eigenvalue weighted by Gasteiger charge is -2.14. The summed E-state index contributed by atoms with van der Waals surface area (Å²) in [5.41, 5.74) is -3.47. The van der Waals surface area contributed by atoms with Gasteiger partial charge in [-0.3, -0.25) is 4.79 Å². The van der Waals surface area contributed by atoms with Gasteiger partial charge in [-0.15, -0.1) is 0 Å². The van der Waals surface area contributed by atoms with Gasteiger partial charge in [-0.05, 0) is 42.8 Å². The number of alkyl halides is 6. The number of anilines is 2. The number of carbonyl (C=O) groups is 1. The lowest BCUT2D eigenvalue weighted by Crippen LogP contribution is -2.15. The van der Waals surface area contributed by atoms with Gasteiger partial charge in [-0.2, -0.15) is 31.6 Å². The summed E-state index contributed by atoms with van der Waals surface area (Å²) in [4.78, 5) is 12.2. The first kappa shape index (κ1) is 23.1. The summed E-state index contributed by atoms with van der Waals surface area (Å²) in [7, 11) is 0. The number of carbonyl (C=O) groups excluding carboxylic acids is 1. The van der Waals surface area contributed by atoms with Crippen LogP contribution in [0, 0.1) is 18.3 Å². The molecule has 4 nitrogen and oxygen atoms in total. The zero-order valence-corrected chi connectivity index (χ0v) is 15.8. The molecule has 0 unspecified atom stereocenters. The molecule has 0 aromatic heterocycles. The van der Waals surface area contributed by atoms with Crippen molar-refractivity contribution >= 4 is 28.9 Å². The number of benzene rings is 2. The molecule has 0 heterocycles. The van der Waals surface area contributed by atoms with Gasteiger partial charge in [0.1, 0.15) is 11.6 Å². The van der Waals surface area contributed by atoms with Gasteiger partial charge in [-0.1, -0.05) is 17.7 Å². The van der Waals surface area contributed by atoms with Crippen molar-refractivity contribution in [2.24, 2.45) is 0 Å². The molecule has 0 bridgehead atoms. The fraction of sp³-hybridized carbons (Fsp3) is 0.158. The number of rotatable bonds is 4. The van der Waals surface area contributed by atoms with Crippen molar-refractivity contribution in [3.8, 4) is 6.07 Å². The lowest BCUT2D eigenvalue weighted by atomic mass is 10.1. The summed E-state index contributed by atoms with van der Waals surface area (Å²) >= 11 is 5.93. The van der Waals surface area contributed by atoms with Crippen molar-refractivity contribution in [1.29, 1.82) is 5.26 Å². The predicted molar refractivity (Wildman–Crippen MR) is 98.6 cm³/mol. The minimum Gasteiger partial charge on any atom is -0.360 e. The van der Waals surface area contributed by atoms with Gasteiger partial charge in [0.25, 0.3) is 5.91 Å². The molecule has 2 rings (SSSR count). The number of hydrogen-bond acceptors (Lipinski definition) is 3.